The molecule has 0 spiro atoms. The summed E-state index contributed by atoms with van der Waals surface area (Å²) < 4.78 is 0. The van der Waals surface area contributed by atoms with Gasteiger partial charge in [-0.1, -0.05) is 41.7 Å². The molecule has 2 heterocycles. The van der Waals surface area contributed by atoms with Crippen molar-refractivity contribution in [3.8, 4) is 5.75 Å². The zero-order valence-corrected chi connectivity index (χ0v) is 17.4. The van der Waals surface area contributed by atoms with Gasteiger partial charge in [-0.05, 0) is 37.7 Å². The van der Waals surface area contributed by atoms with Gasteiger partial charge in [-0.3, -0.25) is 9.59 Å². The van der Waals surface area contributed by atoms with E-state index in [2.05, 4.69) is 6.92 Å². The van der Waals surface area contributed by atoms with E-state index in [1.807, 2.05) is 4.90 Å². The molecule has 2 fully saturated rings. The van der Waals surface area contributed by atoms with Gasteiger partial charge in [0.25, 0.3) is 5.91 Å². The fraction of sp³-hybridized carbons (Fsp3) is 0.579. The molecule has 0 bridgehead atoms. The summed E-state index contributed by atoms with van der Waals surface area (Å²) in [5.74, 6) is -0.107. The van der Waals surface area contributed by atoms with E-state index in [1.54, 1.807) is 4.90 Å². The Hall–Kier alpha value is -1.17. The van der Waals surface area contributed by atoms with Gasteiger partial charge in [0.05, 0.1) is 15.1 Å². The number of likely N-dealkylation sites (tertiary alicyclic amines) is 2. The molecule has 1 atom stereocenters. The number of carbonyl (C=O) groups excluding carboxylic acids is 2. The molecule has 5 nitrogen and oxygen atoms in total. The van der Waals surface area contributed by atoms with Crippen LogP contribution in [-0.2, 0) is 4.79 Å². The van der Waals surface area contributed by atoms with Crippen molar-refractivity contribution in [1.29, 1.82) is 0 Å². The molecule has 2 aliphatic rings. The van der Waals surface area contributed by atoms with Crippen LogP contribution in [0.1, 0.15) is 43.0 Å². The van der Waals surface area contributed by atoms with E-state index in [1.165, 1.54) is 12.5 Å². The number of halogens is 3. The van der Waals surface area contributed by atoms with E-state index in [-0.39, 0.29) is 38.2 Å². The van der Waals surface area contributed by atoms with Crippen LogP contribution in [-0.4, -0.2) is 52.9 Å². The quantitative estimate of drug-likeness (QED) is 0.700. The number of phenols is 1. The second-order valence-corrected chi connectivity index (χ2v) is 8.67. The number of nitrogens with zero attached hydrogens (tertiary/aromatic N) is 2. The third kappa shape index (κ3) is 4.30. The van der Waals surface area contributed by atoms with Crippen LogP contribution >= 0.6 is 34.8 Å². The van der Waals surface area contributed by atoms with Crippen molar-refractivity contribution in [2.24, 2.45) is 11.8 Å². The molecule has 2 saturated heterocycles. The minimum Gasteiger partial charge on any atom is -0.505 e. The van der Waals surface area contributed by atoms with Crippen molar-refractivity contribution in [2.75, 3.05) is 26.2 Å². The van der Waals surface area contributed by atoms with E-state index in [9.17, 15) is 14.7 Å². The fourth-order valence-corrected chi connectivity index (χ4v) is 4.60. The van der Waals surface area contributed by atoms with Gasteiger partial charge in [0.2, 0.25) is 5.91 Å². The minimum atomic E-state index is -0.417. The molecule has 148 valence electrons. The molecule has 0 aliphatic carbocycles. The lowest BCUT2D eigenvalue weighted by Crippen LogP contribution is -2.47. The van der Waals surface area contributed by atoms with Gasteiger partial charge in [0, 0.05) is 32.1 Å². The Morgan fingerprint density at radius 3 is 2.33 bits per heavy atom. The molecule has 1 N–H and O–H groups in total. The Kier molecular flexibility index (Phi) is 6.44. The van der Waals surface area contributed by atoms with Crippen molar-refractivity contribution in [2.45, 2.75) is 32.6 Å². The number of hydrogen-bond donors (Lipinski definition) is 1. The number of rotatable bonds is 2. The van der Waals surface area contributed by atoms with Crippen LogP contribution in [0.25, 0.3) is 0 Å². The number of piperidine rings is 2. The van der Waals surface area contributed by atoms with Gasteiger partial charge in [-0.2, -0.15) is 0 Å². The molecule has 1 unspecified atom stereocenters. The first-order valence-electron chi connectivity index (χ1n) is 9.24. The topological polar surface area (TPSA) is 60.9 Å². The summed E-state index contributed by atoms with van der Waals surface area (Å²) in [6.07, 6.45) is 3.42. The lowest BCUT2D eigenvalue weighted by atomic mass is 9.92. The highest BCUT2D eigenvalue weighted by molar-refractivity contribution is 6.45. The van der Waals surface area contributed by atoms with Crippen LogP contribution in [0.15, 0.2) is 6.07 Å². The molecule has 1 aromatic carbocycles. The number of carbonyl (C=O) groups is 2. The molecule has 8 heteroatoms. The predicted molar refractivity (Wildman–Crippen MR) is 107 cm³/mol. The second kappa shape index (κ2) is 8.46. The average molecular weight is 434 g/mol. The van der Waals surface area contributed by atoms with Crippen LogP contribution in [0.2, 0.25) is 15.1 Å². The van der Waals surface area contributed by atoms with E-state index >= 15 is 0 Å². The Balaban J connectivity index is 1.66. The van der Waals surface area contributed by atoms with Crippen LogP contribution in [0.3, 0.4) is 0 Å². The lowest BCUT2D eigenvalue weighted by Gasteiger charge is -2.37. The summed E-state index contributed by atoms with van der Waals surface area (Å²) in [4.78, 5) is 29.2. The highest BCUT2D eigenvalue weighted by atomic mass is 35.5. The second-order valence-electron chi connectivity index (χ2n) is 7.48. The highest BCUT2D eigenvalue weighted by Crippen LogP contribution is 2.39. The summed E-state index contributed by atoms with van der Waals surface area (Å²) in [7, 11) is 0. The molecule has 27 heavy (non-hydrogen) atoms. The maximum Gasteiger partial charge on any atom is 0.259 e. The fourth-order valence-electron chi connectivity index (χ4n) is 3.92. The number of hydrogen-bond acceptors (Lipinski definition) is 3. The predicted octanol–water partition coefficient (Wildman–Crippen LogP) is 4.46. The van der Waals surface area contributed by atoms with Gasteiger partial charge in [-0.15, -0.1) is 0 Å². The van der Waals surface area contributed by atoms with Gasteiger partial charge in [0.15, 0.2) is 0 Å². The van der Waals surface area contributed by atoms with Gasteiger partial charge < -0.3 is 14.9 Å². The van der Waals surface area contributed by atoms with E-state index < -0.39 is 5.91 Å². The summed E-state index contributed by atoms with van der Waals surface area (Å²) in [6.45, 7) is 4.68. The van der Waals surface area contributed by atoms with E-state index in [0.717, 1.165) is 19.5 Å². The van der Waals surface area contributed by atoms with Crippen LogP contribution < -0.4 is 0 Å². The molecular formula is C19H23Cl3N2O3. The molecular weight excluding hydrogens is 411 g/mol. The van der Waals surface area contributed by atoms with Gasteiger partial charge in [0.1, 0.15) is 11.3 Å². The zero-order chi connectivity index (χ0) is 19.7. The van der Waals surface area contributed by atoms with Crippen molar-refractivity contribution >= 4 is 46.6 Å². The van der Waals surface area contributed by atoms with Crippen molar-refractivity contribution < 1.29 is 14.7 Å². The average Bonchev–Trinajstić information content (AvgIpc) is 2.66. The maximum atomic E-state index is 12.8. The third-order valence-electron chi connectivity index (χ3n) is 5.46. The lowest BCUT2D eigenvalue weighted by molar-refractivity contribution is -0.138. The number of aromatic hydroxyl groups is 1. The Labute approximate surface area is 174 Å². The third-order valence-corrected chi connectivity index (χ3v) is 6.54. The van der Waals surface area contributed by atoms with Gasteiger partial charge in [-0.25, -0.2) is 0 Å². The molecule has 1 aromatic rings. The molecule has 3 rings (SSSR count). The minimum absolute atomic E-state index is 0.0101. The van der Waals surface area contributed by atoms with Gasteiger partial charge >= 0.3 is 0 Å². The first-order valence-corrected chi connectivity index (χ1v) is 10.4. The standard InChI is InChI=1S/C19H23Cl3N2O3/c1-11-3-2-6-24(10-11)18(26)12-4-7-23(8-5-12)19(27)15-16(22)13(20)9-14(21)17(15)25/h9,11-12,25H,2-8,10H2,1H3. The van der Waals surface area contributed by atoms with Crippen LogP contribution in [0.5, 0.6) is 5.75 Å². The molecule has 0 aromatic heterocycles. The highest BCUT2D eigenvalue weighted by Gasteiger charge is 2.33. The maximum absolute atomic E-state index is 12.8. The monoisotopic (exact) mass is 432 g/mol. The molecule has 0 radical (unpaired) electrons. The Bertz CT molecular complexity index is 722. The zero-order valence-electron chi connectivity index (χ0n) is 15.2. The summed E-state index contributed by atoms with van der Waals surface area (Å²) in [5, 5.41) is 10.2. The van der Waals surface area contributed by atoms with Crippen LogP contribution in [0, 0.1) is 11.8 Å². The Morgan fingerprint density at radius 1 is 1.04 bits per heavy atom. The Morgan fingerprint density at radius 2 is 1.70 bits per heavy atom. The first kappa shape index (κ1) is 20.6. The SMILES string of the molecule is CC1CCCN(C(=O)C2CCN(C(=O)c3c(O)c(Cl)cc(Cl)c3Cl)CC2)C1. The van der Waals surface area contributed by atoms with Crippen molar-refractivity contribution in [3.63, 3.8) is 0 Å². The summed E-state index contributed by atoms with van der Waals surface area (Å²) in [6, 6.07) is 1.31. The largest absolute Gasteiger partial charge is 0.505 e. The van der Waals surface area contributed by atoms with Crippen molar-refractivity contribution in [3.05, 3.63) is 26.7 Å². The van der Waals surface area contributed by atoms with Crippen LogP contribution in [0.4, 0.5) is 0 Å². The molecule has 2 amide bonds. The normalized spacial score (nSPS) is 21.4. The molecule has 2 aliphatic heterocycles. The van der Waals surface area contributed by atoms with Crippen molar-refractivity contribution in [1.82, 2.24) is 9.80 Å². The number of amides is 2. The molecule has 0 saturated carbocycles. The summed E-state index contributed by atoms with van der Waals surface area (Å²) >= 11 is 18.0. The first-order chi connectivity index (χ1) is 12.8. The number of phenolic OH excluding ortho intramolecular Hbond substituents is 1. The van der Waals surface area contributed by atoms with E-state index in [0.29, 0.717) is 31.8 Å². The van der Waals surface area contributed by atoms with E-state index in [4.69, 9.17) is 34.8 Å². The summed E-state index contributed by atoms with van der Waals surface area (Å²) in [5.41, 5.74) is -0.0798. The smallest absolute Gasteiger partial charge is 0.259 e. The number of benzene rings is 1.